The van der Waals surface area contributed by atoms with Crippen molar-refractivity contribution in [2.24, 2.45) is 17.8 Å². The number of ketones is 1. The molecule has 2 unspecified atom stereocenters. The lowest BCUT2D eigenvalue weighted by molar-refractivity contribution is -0.141. The summed E-state index contributed by atoms with van der Waals surface area (Å²) in [5, 5.41) is 0. The van der Waals surface area contributed by atoms with Gasteiger partial charge in [0, 0.05) is 24.8 Å². The van der Waals surface area contributed by atoms with Gasteiger partial charge in [0.1, 0.15) is 5.78 Å². The van der Waals surface area contributed by atoms with E-state index in [1.807, 2.05) is 0 Å². The first-order chi connectivity index (χ1) is 11.2. The summed E-state index contributed by atoms with van der Waals surface area (Å²) >= 11 is 0. The Morgan fingerprint density at radius 3 is 2.78 bits per heavy atom. The number of carbonyl (C=O) groups excluding carboxylic acids is 2. The number of benzene rings is 1. The van der Waals surface area contributed by atoms with Crippen LogP contribution in [-0.2, 0) is 21.5 Å². The summed E-state index contributed by atoms with van der Waals surface area (Å²) in [6.45, 7) is 1.06. The Hall–Kier alpha value is -2.04. The standard InChI is InChI=1S/C18H17NO4/c20-11-3-4-18-10-7-13-12(22-8-23-13)6-9(10)2-1-5-19(18)17(21)15-14(11)16(15)18/h6-7,14-16H,1-5,8H2/t14?,15?,16-,18+/m0/s1. The maximum atomic E-state index is 12.8. The average Bonchev–Trinajstić information content (AvgIpc) is 3.11. The zero-order valence-corrected chi connectivity index (χ0v) is 12.7. The Labute approximate surface area is 133 Å². The molecule has 23 heavy (non-hydrogen) atoms. The molecular weight excluding hydrogens is 294 g/mol. The first-order valence-corrected chi connectivity index (χ1v) is 8.49. The molecule has 5 aliphatic rings. The van der Waals surface area contributed by atoms with Gasteiger partial charge in [0.05, 0.1) is 11.5 Å². The number of rotatable bonds is 0. The minimum Gasteiger partial charge on any atom is -0.454 e. The Bertz CT molecular complexity index is 787. The van der Waals surface area contributed by atoms with Crippen molar-refractivity contribution in [2.45, 2.75) is 31.2 Å². The van der Waals surface area contributed by atoms with Crippen LogP contribution in [0.25, 0.3) is 0 Å². The van der Waals surface area contributed by atoms with Crippen molar-refractivity contribution in [1.82, 2.24) is 4.90 Å². The van der Waals surface area contributed by atoms with Crippen molar-refractivity contribution in [3.05, 3.63) is 23.3 Å². The van der Waals surface area contributed by atoms with E-state index in [9.17, 15) is 9.59 Å². The van der Waals surface area contributed by atoms with Gasteiger partial charge in [0.25, 0.3) is 0 Å². The van der Waals surface area contributed by atoms with Crippen molar-refractivity contribution in [1.29, 1.82) is 0 Å². The zero-order valence-electron chi connectivity index (χ0n) is 12.7. The molecule has 3 aliphatic heterocycles. The molecule has 0 radical (unpaired) electrons. The van der Waals surface area contributed by atoms with E-state index < -0.39 is 0 Å². The van der Waals surface area contributed by atoms with E-state index >= 15 is 0 Å². The van der Waals surface area contributed by atoms with Crippen molar-refractivity contribution in [3.8, 4) is 11.5 Å². The Morgan fingerprint density at radius 1 is 1.09 bits per heavy atom. The highest BCUT2D eigenvalue weighted by atomic mass is 16.7. The summed E-state index contributed by atoms with van der Waals surface area (Å²) in [4.78, 5) is 27.2. The lowest BCUT2D eigenvalue weighted by Crippen LogP contribution is -2.51. The molecule has 118 valence electrons. The van der Waals surface area contributed by atoms with Gasteiger partial charge < -0.3 is 14.4 Å². The quantitative estimate of drug-likeness (QED) is 0.731. The van der Waals surface area contributed by atoms with E-state index in [2.05, 4.69) is 17.0 Å². The molecule has 6 rings (SSSR count). The van der Waals surface area contributed by atoms with Gasteiger partial charge in [-0.3, -0.25) is 9.59 Å². The first-order valence-electron chi connectivity index (χ1n) is 8.49. The van der Waals surface area contributed by atoms with E-state index in [-0.39, 0.29) is 36.0 Å². The molecule has 4 atom stereocenters. The Kier molecular flexibility index (Phi) is 2.00. The number of Topliss-reactive ketones (excluding diaryl/α,β-unsaturated/α-hetero) is 1. The third-order valence-corrected chi connectivity index (χ3v) is 6.62. The summed E-state index contributed by atoms with van der Waals surface area (Å²) in [5.41, 5.74) is 2.22. The van der Waals surface area contributed by atoms with Crippen LogP contribution < -0.4 is 9.47 Å². The third-order valence-electron chi connectivity index (χ3n) is 6.62. The third kappa shape index (κ3) is 1.24. The average molecular weight is 311 g/mol. The number of carbonyl (C=O) groups is 2. The molecule has 2 aliphatic carbocycles. The highest BCUT2D eigenvalue weighted by Gasteiger charge is 2.77. The van der Waals surface area contributed by atoms with Gasteiger partial charge >= 0.3 is 0 Å². The van der Waals surface area contributed by atoms with Crippen LogP contribution in [0, 0.1) is 17.8 Å². The summed E-state index contributed by atoms with van der Waals surface area (Å²) in [6, 6.07) is 4.19. The molecule has 0 bridgehead atoms. The fourth-order valence-corrected chi connectivity index (χ4v) is 5.74. The predicted molar refractivity (Wildman–Crippen MR) is 79.0 cm³/mol. The number of ether oxygens (including phenoxy) is 2. The van der Waals surface area contributed by atoms with Crippen LogP contribution in [-0.4, -0.2) is 29.9 Å². The van der Waals surface area contributed by atoms with Crippen molar-refractivity contribution in [3.63, 3.8) is 0 Å². The molecule has 1 aromatic carbocycles. The van der Waals surface area contributed by atoms with Crippen LogP contribution in [0.3, 0.4) is 0 Å². The summed E-state index contributed by atoms with van der Waals surface area (Å²) < 4.78 is 11.1. The minimum atomic E-state index is -0.271. The summed E-state index contributed by atoms with van der Waals surface area (Å²) in [5.74, 6) is 2.21. The molecule has 1 spiro atoms. The molecule has 3 fully saturated rings. The summed E-state index contributed by atoms with van der Waals surface area (Å²) in [7, 11) is 0. The second-order valence-electron chi connectivity index (χ2n) is 7.42. The van der Waals surface area contributed by atoms with Crippen LogP contribution in [0.5, 0.6) is 11.5 Å². The van der Waals surface area contributed by atoms with Crippen molar-refractivity contribution in [2.75, 3.05) is 13.3 Å². The number of hydrogen-bond donors (Lipinski definition) is 0. The molecule has 0 N–H and O–H groups in total. The van der Waals surface area contributed by atoms with Crippen LogP contribution in [0.1, 0.15) is 30.4 Å². The van der Waals surface area contributed by atoms with E-state index in [1.54, 1.807) is 0 Å². The van der Waals surface area contributed by atoms with Gasteiger partial charge in [0.2, 0.25) is 12.7 Å². The molecule has 0 aromatic heterocycles. The smallest absolute Gasteiger partial charge is 0.231 e. The summed E-state index contributed by atoms with van der Waals surface area (Å²) in [6.07, 6.45) is 3.28. The fraction of sp³-hybridized carbons (Fsp3) is 0.556. The van der Waals surface area contributed by atoms with E-state index in [4.69, 9.17) is 9.47 Å². The molecule has 1 aromatic rings. The Morgan fingerprint density at radius 2 is 1.91 bits per heavy atom. The van der Waals surface area contributed by atoms with Crippen LogP contribution in [0.4, 0.5) is 0 Å². The number of piperidine rings is 1. The molecular formula is C18H17NO4. The van der Waals surface area contributed by atoms with E-state index in [0.717, 1.165) is 37.3 Å². The number of aryl methyl sites for hydroxylation is 1. The normalized spacial score (nSPS) is 38.8. The topological polar surface area (TPSA) is 55.8 Å². The van der Waals surface area contributed by atoms with Crippen LogP contribution in [0.15, 0.2) is 12.1 Å². The highest BCUT2D eigenvalue weighted by Crippen LogP contribution is 2.70. The van der Waals surface area contributed by atoms with Crippen molar-refractivity contribution >= 4 is 11.7 Å². The first kappa shape index (κ1) is 12.4. The number of fused-ring (bicyclic) bond motifs is 3. The van der Waals surface area contributed by atoms with E-state index in [1.165, 1.54) is 11.1 Å². The van der Waals surface area contributed by atoms with Gasteiger partial charge in [-0.2, -0.15) is 0 Å². The molecule has 5 heteroatoms. The van der Waals surface area contributed by atoms with Gasteiger partial charge in [0.15, 0.2) is 11.5 Å². The zero-order chi connectivity index (χ0) is 15.3. The molecule has 1 amide bonds. The molecule has 3 heterocycles. The van der Waals surface area contributed by atoms with Crippen LogP contribution in [0.2, 0.25) is 0 Å². The van der Waals surface area contributed by atoms with Crippen LogP contribution >= 0.6 is 0 Å². The lowest BCUT2D eigenvalue weighted by Gasteiger charge is -2.44. The Balaban J connectivity index is 1.61. The second-order valence-corrected chi connectivity index (χ2v) is 7.42. The van der Waals surface area contributed by atoms with Crippen molar-refractivity contribution < 1.29 is 19.1 Å². The van der Waals surface area contributed by atoms with Gasteiger partial charge in [-0.25, -0.2) is 0 Å². The van der Waals surface area contributed by atoms with Gasteiger partial charge in [-0.15, -0.1) is 0 Å². The number of hydrogen-bond acceptors (Lipinski definition) is 4. The monoisotopic (exact) mass is 311 g/mol. The highest BCUT2D eigenvalue weighted by molar-refractivity contribution is 5.99. The molecule has 1 saturated heterocycles. The maximum Gasteiger partial charge on any atom is 0.231 e. The maximum absolute atomic E-state index is 12.8. The minimum absolute atomic E-state index is 0.0242. The number of amides is 1. The molecule has 2 saturated carbocycles. The lowest BCUT2D eigenvalue weighted by atomic mass is 9.73. The van der Waals surface area contributed by atoms with Gasteiger partial charge in [-0.1, -0.05) is 0 Å². The van der Waals surface area contributed by atoms with Gasteiger partial charge in [-0.05, 0) is 42.5 Å². The fourth-order valence-electron chi connectivity index (χ4n) is 5.74. The number of nitrogens with zero attached hydrogens (tertiary/aromatic N) is 1. The second kappa shape index (κ2) is 3.71. The largest absolute Gasteiger partial charge is 0.454 e. The molecule has 5 nitrogen and oxygen atoms in total. The van der Waals surface area contributed by atoms with E-state index in [0.29, 0.717) is 12.2 Å². The predicted octanol–water partition coefficient (Wildman–Crippen LogP) is 1.62. The SMILES string of the molecule is O=C1CC[C@]23c4cc5c(cc4CCCN2C(=O)C2C1[C@@H]23)OCO5.